The zero-order chi connectivity index (χ0) is 22.1. The van der Waals surface area contributed by atoms with Gasteiger partial charge in [0.05, 0.1) is 0 Å². The Kier molecular flexibility index (Phi) is 8.22. The van der Waals surface area contributed by atoms with Crippen LogP contribution in [-0.2, 0) is 14.0 Å². The summed E-state index contributed by atoms with van der Waals surface area (Å²) in [5.74, 6) is 0. The van der Waals surface area contributed by atoms with Crippen molar-refractivity contribution >= 4 is 32.4 Å². The number of allylic oxidation sites excluding steroid dienone is 8. The molecule has 0 N–H and O–H groups in total. The molecule has 4 heteroatoms. The molecular weight excluding hydrogens is 483 g/mol. The molecule has 4 aliphatic carbocycles. The van der Waals surface area contributed by atoms with Gasteiger partial charge in [0, 0.05) is 0 Å². The molecule has 2 atom stereocenters. The minimum atomic E-state index is -3.03. The molecule has 0 heterocycles. The van der Waals surface area contributed by atoms with Crippen molar-refractivity contribution in [1.29, 1.82) is 0 Å². The fourth-order valence-corrected chi connectivity index (χ4v) is 21.2. The first-order chi connectivity index (χ1) is 13.7. The third kappa shape index (κ3) is 4.77. The van der Waals surface area contributed by atoms with E-state index < -0.39 is 14.0 Å². The van der Waals surface area contributed by atoms with Gasteiger partial charge < -0.3 is 0 Å². The molecule has 4 aliphatic rings. The van der Waals surface area contributed by atoms with Crippen molar-refractivity contribution in [2.75, 3.05) is 0 Å². The van der Waals surface area contributed by atoms with Gasteiger partial charge in [0.25, 0.3) is 0 Å². The first kappa shape index (κ1) is 28.7. The quantitative estimate of drug-likeness (QED) is 0.311. The molecule has 0 fully saturated rings. The van der Waals surface area contributed by atoms with Crippen LogP contribution in [0.1, 0.15) is 92.9 Å². The Morgan fingerprint density at radius 3 is 1.28 bits per heavy atom. The second kappa shape index (κ2) is 9.16. The number of hydrogen-bond donors (Lipinski definition) is 0. The maximum Gasteiger partial charge on any atom is -0.147 e. The van der Waals surface area contributed by atoms with E-state index >= 15 is 0 Å². The van der Waals surface area contributed by atoms with E-state index in [0.717, 1.165) is 8.45 Å². The van der Waals surface area contributed by atoms with Crippen LogP contribution in [0.3, 0.4) is 0 Å². The summed E-state index contributed by atoms with van der Waals surface area (Å²) in [6, 6.07) is 0. The number of rotatable bonds is 2. The van der Waals surface area contributed by atoms with Crippen LogP contribution in [-0.4, -0.2) is 7.63 Å². The van der Waals surface area contributed by atoms with Gasteiger partial charge in [0.2, 0.25) is 0 Å². The first-order valence-electron chi connectivity index (χ1n) is 12.7. The van der Waals surface area contributed by atoms with Crippen molar-refractivity contribution < 1.29 is 14.0 Å². The summed E-state index contributed by atoms with van der Waals surface area (Å²) in [6.45, 7) is 14.9. The van der Waals surface area contributed by atoms with Gasteiger partial charge in [-0.1, -0.05) is 0 Å². The van der Waals surface area contributed by atoms with Crippen molar-refractivity contribution in [3.05, 3.63) is 45.6 Å². The smallest absolute Gasteiger partial charge is 0.147 e. The molecule has 0 aliphatic heterocycles. The summed E-state index contributed by atoms with van der Waals surface area (Å²) in [5.41, 5.74) is 11.4. The van der Waals surface area contributed by atoms with Gasteiger partial charge in [0.15, 0.2) is 0 Å². The van der Waals surface area contributed by atoms with Gasteiger partial charge in [-0.3, -0.25) is 0 Å². The summed E-state index contributed by atoms with van der Waals surface area (Å²) < 4.78 is 1.53. The molecular formula is C28H48Cl2SiTi. The monoisotopic (exact) mass is 530 g/mol. The molecule has 0 saturated carbocycles. The van der Waals surface area contributed by atoms with Gasteiger partial charge in [-0.05, 0) is 0 Å². The zero-order valence-electron chi connectivity index (χ0n) is 22.0. The zero-order valence-corrected chi connectivity index (χ0v) is 26.6. The van der Waals surface area contributed by atoms with E-state index in [9.17, 15) is 0 Å². The van der Waals surface area contributed by atoms with E-state index in [0.29, 0.717) is 0 Å². The van der Waals surface area contributed by atoms with Crippen LogP contribution < -0.4 is 0 Å². The van der Waals surface area contributed by atoms with Crippen LogP contribution in [0.25, 0.3) is 0 Å². The third-order valence-electron chi connectivity index (χ3n) is 8.72. The Hall–Kier alpha value is 0.471. The van der Waals surface area contributed by atoms with Gasteiger partial charge in [-0.25, -0.2) is 0 Å². The molecule has 0 radical (unpaired) electrons. The molecule has 0 aromatic rings. The molecule has 32 heavy (non-hydrogen) atoms. The van der Waals surface area contributed by atoms with E-state index in [1.807, 2.05) is 11.1 Å². The van der Waals surface area contributed by atoms with E-state index in [1.54, 1.807) is 22.3 Å². The van der Waals surface area contributed by atoms with Gasteiger partial charge in [0.1, 0.15) is 0 Å². The number of hydrogen-bond acceptors (Lipinski definition) is 0. The van der Waals surface area contributed by atoms with Crippen LogP contribution in [0.5, 0.6) is 0 Å². The van der Waals surface area contributed by atoms with Crippen LogP contribution >= 0.6 is 24.8 Å². The second-order valence-electron chi connectivity index (χ2n) is 14.0. The largest absolute Gasteiger partial charge is 0.147 e. The predicted octanol–water partition coefficient (Wildman–Crippen LogP) is 9.45. The second-order valence-corrected chi connectivity index (χ2v) is 34.2. The van der Waals surface area contributed by atoms with E-state index in [1.165, 1.54) is 51.4 Å². The SMILES string of the molecule is CC(C)(C)C1=CC2=C(CCCC2)[CH]1[Ti]([CH3])([CH3])(=[SiH2])[CH]1C(C(C)(C)C)=CC2=C1CCCC2.Cl.Cl. The Labute approximate surface area is 213 Å². The molecule has 0 amide bonds. The van der Waals surface area contributed by atoms with Gasteiger partial charge in [-0.15, -0.1) is 24.8 Å². The van der Waals surface area contributed by atoms with Crippen molar-refractivity contribution in [2.24, 2.45) is 10.8 Å². The normalized spacial score (nSPS) is 26.7. The Morgan fingerprint density at radius 1 is 0.656 bits per heavy atom. The van der Waals surface area contributed by atoms with Gasteiger partial charge >= 0.3 is 190 Å². The minimum Gasteiger partial charge on any atom is -0.147 e. The first-order valence-corrected chi connectivity index (χ1v) is 21.6. The maximum atomic E-state index is 2.85. The van der Waals surface area contributed by atoms with Crippen LogP contribution in [0.2, 0.25) is 18.9 Å². The van der Waals surface area contributed by atoms with Crippen molar-refractivity contribution in [2.45, 2.75) is 112 Å². The summed E-state index contributed by atoms with van der Waals surface area (Å²) in [4.78, 5) is 0. The fourth-order valence-electron chi connectivity index (χ4n) is 7.44. The fraction of sp³-hybridized carbons (Fsp3) is 0.714. The number of halogens is 2. The van der Waals surface area contributed by atoms with Gasteiger partial charge in [-0.2, -0.15) is 0 Å². The minimum absolute atomic E-state index is 0. The van der Waals surface area contributed by atoms with Crippen LogP contribution in [0, 0.1) is 10.8 Å². The van der Waals surface area contributed by atoms with E-state index in [-0.39, 0.29) is 35.6 Å². The maximum absolute atomic E-state index is 3.03. The molecule has 0 aromatic heterocycles. The third-order valence-corrected chi connectivity index (χ3v) is 20.1. The Bertz CT molecular complexity index is 884. The van der Waals surface area contributed by atoms with Crippen molar-refractivity contribution in [1.82, 2.24) is 0 Å². The van der Waals surface area contributed by atoms with E-state index in [4.69, 9.17) is 0 Å². The summed E-state index contributed by atoms with van der Waals surface area (Å²) in [5, 5.41) is 5.69. The standard InChI is InChI=1S/2C13H19.2CH3.2ClH.H2Si.Ti/c2*1-13(2,3)12-8-10-6-4-5-7-11(10)9-12;;;;;;/h2*8-9H,4-7H2,1-3H3;2*1H3;2*1H;1H2;. The molecule has 0 spiro atoms. The van der Waals surface area contributed by atoms with Crippen LogP contribution in [0.15, 0.2) is 45.6 Å². The molecule has 182 valence electrons. The molecule has 0 aromatic carbocycles. The summed E-state index contributed by atoms with van der Waals surface area (Å²) >= 11 is -3.03. The average Bonchev–Trinajstić information content (AvgIpc) is 3.21. The Balaban J connectivity index is 0.00000181. The summed E-state index contributed by atoms with van der Waals surface area (Å²) in [6.07, 6.45) is 16.4. The Morgan fingerprint density at radius 2 is 0.969 bits per heavy atom. The molecule has 2 unspecified atom stereocenters. The van der Waals surface area contributed by atoms with Crippen molar-refractivity contribution in [3.63, 3.8) is 0 Å². The predicted molar refractivity (Wildman–Crippen MR) is 148 cm³/mol. The molecule has 4 rings (SSSR count). The van der Waals surface area contributed by atoms with Crippen LogP contribution in [0.4, 0.5) is 0 Å². The van der Waals surface area contributed by atoms with E-state index in [2.05, 4.69) is 71.8 Å². The molecule has 0 saturated heterocycles. The summed E-state index contributed by atoms with van der Waals surface area (Å²) in [7, 11) is 2.55. The molecule has 0 bridgehead atoms. The topological polar surface area (TPSA) is 0 Å². The average molecular weight is 532 g/mol. The molecule has 0 nitrogen and oxygen atoms in total. The van der Waals surface area contributed by atoms with Crippen molar-refractivity contribution in [3.8, 4) is 0 Å².